The molecule has 3 rings (SSSR count). The molecule has 0 radical (unpaired) electrons. The number of hydrogen-bond acceptors (Lipinski definition) is 5. The molecule has 1 aliphatic rings. The number of halogens is 5. The highest BCUT2D eigenvalue weighted by atomic mass is 127. The summed E-state index contributed by atoms with van der Waals surface area (Å²) in [5.74, 6) is -2.38. The first-order chi connectivity index (χ1) is 15.9. The zero-order valence-electron chi connectivity index (χ0n) is 17.6. The van der Waals surface area contributed by atoms with Crippen molar-refractivity contribution in [3.63, 3.8) is 0 Å². The maximum atomic E-state index is 14.6. The Morgan fingerprint density at radius 2 is 1.59 bits per heavy atom. The molecule has 0 atom stereocenters. The van der Waals surface area contributed by atoms with Gasteiger partial charge in [-0.1, -0.05) is 11.6 Å². The molecular formula is C19H21Cl2F2IN4O4S2. The molecule has 34 heavy (non-hydrogen) atoms. The van der Waals surface area contributed by atoms with Crippen LogP contribution < -0.4 is 10.0 Å². The van der Waals surface area contributed by atoms with Gasteiger partial charge in [0.25, 0.3) is 0 Å². The molecule has 1 fully saturated rings. The molecule has 1 aliphatic heterocycles. The summed E-state index contributed by atoms with van der Waals surface area (Å²) < 4.78 is 84.5. The van der Waals surface area contributed by atoms with E-state index in [0.29, 0.717) is 6.42 Å². The predicted octanol–water partition coefficient (Wildman–Crippen LogP) is 4.20. The summed E-state index contributed by atoms with van der Waals surface area (Å²) in [7, 11) is -7.75. The molecule has 1 saturated heterocycles. The molecule has 15 heteroatoms. The van der Waals surface area contributed by atoms with Gasteiger partial charge in [-0.2, -0.15) is 17.0 Å². The van der Waals surface area contributed by atoms with E-state index in [2.05, 4.69) is 10.0 Å². The van der Waals surface area contributed by atoms with Crippen molar-refractivity contribution >= 4 is 83.1 Å². The highest BCUT2D eigenvalue weighted by molar-refractivity contribution is 14.1. The second-order valence-corrected chi connectivity index (χ2v) is 13.1. The van der Waals surface area contributed by atoms with Crippen LogP contribution in [0.2, 0.25) is 5.02 Å². The minimum atomic E-state index is -4.21. The quantitative estimate of drug-likeness (QED) is 0.309. The number of rotatable bonds is 9. The Kier molecular flexibility index (Phi) is 9.25. The molecule has 0 aliphatic carbocycles. The molecule has 2 N–H and O–H groups in total. The molecule has 2 aromatic carbocycles. The molecule has 0 aromatic heterocycles. The van der Waals surface area contributed by atoms with E-state index in [4.69, 9.17) is 23.2 Å². The molecule has 0 amide bonds. The molecule has 0 spiro atoms. The SMILES string of the molecule is O=S(=O)(CCCCl)N1CCN(S(=O)(=O)Nc2ccc(F)c(F)c2Nc2ccc(I)cc2Cl)CC1. The summed E-state index contributed by atoms with van der Waals surface area (Å²) >= 11 is 13.8. The zero-order valence-corrected chi connectivity index (χ0v) is 22.9. The summed E-state index contributed by atoms with van der Waals surface area (Å²) in [5.41, 5.74) is -0.414. The molecule has 8 nitrogen and oxygen atoms in total. The van der Waals surface area contributed by atoms with Gasteiger partial charge >= 0.3 is 10.2 Å². The number of anilines is 3. The van der Waals surface area contributed by atoms with Gasteiger partial charge in [0, 0.05) is 35.6 Å². The van der Waals surface area contributed by atoms with Gasteiger partial charge < -0.3 is 5.32 Å². The van der Waals surface area contributed by atoms with E-state index in [1.165, 1.54) is 4.31 Å². The van der Waals surface area contributed by atoms with E-state index in [1.54, 1.807) is 18.2 Å². The van der Waals surface area contributed by atoms with Crippen molar-refractivity contribution < 1.29 is 25.6 Å². The maximum Gasteiger partial charge on any atom is 0.301 e. The lowest BCUT2D eigenvalue weighted by atomic mass is 10.2. The normalized spacial score (nSPS) is 15.9. The molecule has 2 aromatic rings. The molecule has 188 valence electrons. The Bertz CT molecular complexity index is 1260. The molecule has 0 saturated carbocycles. The van der Waals surface area contributed by atoms with Gasteiger partial charge in [0.1, 0.15) is 5.69 Å². The topological polar surface area (TPSA) is 98.8 Å². The summed E-state index contributed by atoms with van der Waals surface area (Å²) in [6.45, 7) is -0.283. The molecular weight excluding hydrogens is 648 g/mol. The van der Waals surface area contributed by atoms with Crippen LogP contribution in [0.3, 0.4) is 0 Å². The lowest BCUT2D eigenvalue weighted by Crippen LogP contribution is -2.52. The first-order valence-corrected chi connectivity index (χ1v) is 15.0. The fourth-order valence-corrected chi connectivity index (χ4v) is 7.14. The number of alkyl halides is 1. The third-order valence-electron chi connectivity index (χ3n) is 4.99. The average molecular weight is 669 g/mol. The van der Waals surface area contributed by atoms with Crippen molar-refractivity contribution in [2.24, 2.45) is 0 Å². The van der Waals surface area contributed by atoms with Crippen LogP contribution >= 0.6 is 45.8 Å². The van der Waals surface area contributed by atoms with Crippen LogP contribution in [0.5, 0.6) is 0 Å². The molecule has 0 bridgehead atoms. The Morgan fingerprint density at radius 3 is 2.21 bits per heavy atom. The lowest BCUT2D eigenvalue weighted by molar-refractivity contribution is 0.274. The highest BCUT2D eigenvalue weighted by Gasteiger charge is 2.32. The Hall–Kier alpha value is -0.970. The third kappa shape index (κ3) is 6.62. The van der Waals surface area contributed by atoms with Gasteiger partial charge in [0.05, 0.1) is 22.2 Å². The van der Waals surface area contributed by atoms with Gasteiger partial charge in [0.2, 0.25) is 10.0 Å². The standard InChI is InChI=1S/C19H21Cl2F2IN4O4S2/c20-6-1-11-33(29,30)27-7-9-28(10-8-27)34(31,32)26-17-5-3-15(22)18(23)19(17)25-16-4-2-13(24)12-14(16)21/h2-5,12,25-26H,1,6-11H2. The maximum absolute atomic E-state index is 14.6. The zero-order chi connectivity index (χ0) is 25.1. The number of sulfonamides is 1. The lowest BCUT2D eigenvalue weighted by Gasteiger charge is -2.33. The Balaban J connectivity index is 1.79. The smallest absolute Gasteiger partial charge is 0.301 e. The predicted molar refractivity (Wildman–Crippen MR) is 139 cm³/mol. The van der Waals surface area contributed by atoms with E-state index in [-0.39, 0.29) is 54.2 Å². The average Bonchev–Trinajstić information content (AvgIpc) is 2.78. The summed E-state index contributed by atoms with van der Waals surface area (Å²) in [6, 6.07) is 6.74. The van der Waals surface area contributed by atoms with Crippen LogP contribution in [-0.4, -0.2) is 63.3 Å². The van der Waals surface area contributed by atoms with Gasteiger partial charge in [-0.25, -0.2) is 17.2 Å². The van der Waals surface area contributed by atoms with Gasteiger partial charge in [0.15, 0.2) is 11.6 Å². The number of benzene rings is 2. The second kappa shape index (κ2) is 11.4. The second-order valence-electron chi connectivity index (χ2n) is 7.30. The minimum Gasteiger partial charge on any atom is -0.350 e. The van der Waals surface area contributed by atoms with Crippen LogP contribution in [0.15, 0.2) is 30.3 Å². The largest absolute Gasteiger partial charge is 0.350 e. The Morgan fingerprint density at radius 1 is 0.971 bits per heavy atom. The van der Waals surface area contributed by atoms with E-state index in [9.17, 15) is 25.6 Å². The van der Waals surface area contributed by atoms with Gasteiger partial charge in [-0.15, -0.1) is 11.6 Å². The summed E-state index contributed by atoms with van der Waals surface area (Å²) in [5, 5.41) is 2.89. The summed E-state index contributed by atoms with van der Waals surface area (Å²) in [6.07, 6.45) is 0.292. The van der Waals surface area contributed by atoms with Crippen molar-refractivity contribution in [2.75, 3.05) is 47.9 Å². The molecule has 0 unspecified atom stereocenters. The van der Waals surface area contributed by atoms with Gasteiger partial charge in [-0.05, 0) is 59.3 Å². The van der Waals surface area contributed by atoms with Crippen molar-refractivity contribution in [3.05, 3.63) is 50.6 Å². The van der Waals surface area contributed by atoms with Crippen LogP contribution in [0.4, 0.5) is 25.8 Å². The Labute approximate surface area is 221 Å². The number of nitrogens with zero attached hydrogens (tertiary/aromatic N) is 2. The highest BCUT2D eigenvalue weighted by Crippen LogP contribution is 2.34. The van der Waals surface area contributed by atoms with Crippen LogP contribution in [0.1, 0.15) is 6.42 Å². The fourth-order valence-electron chi connectivity index (χ4n) is 3.24. The first-order valence-electron chi connectivity index (χ1n) is 9.96. The van der Waals surface area contributed by atoms with E-state index < -0.39 is 37.6 Å². The van der Waals surface area contributed by atoms with Gasteiger partial charge in [-0.3, -0.25) is 4.72 Å². The minimum absolute atomic E-state index is 0.0350. The van der Waals surface area contributed by atoms with Crippen LogP contribution in [0.25, 0.3) is 0 Å². The van der Waals surface area contributed by atoms with Crippen molar-refractivity contribution in [2.45, 2.75) is 6.42 Å². The van der Waals surface area contributed by atoms with Crippen molar-refractivity contribution in [3.8, 4) is 0 Å². The number of nitrogens with one attached hydrogen (secondary N) is 2. The van der Waals surface area contributed by atoms with Crippen LogP contribution in [-0.2, 0) is 20.2 Å². The monoisotopic (exact) mass is 668 g/mol. The van der Waals surface area contributed by atoms with Crippen molar-refractivity contribution in [1.82, 2.24) is 8.61 Å². The van der Waals surface area contributed by atoms with Crippen molar-refractivity contribution in [1.29, 1.82) is 0 Å². The molecule has 1 heterocycles. The number of hydrogen-bond donors (Lipinski definition) is 2. The van der Waals surface area contributed by atoms with E-state index in [1.807, 2.05) is 22.6 Å². The fraction of sp³-hybridized carbons (Fsp3) is 0.368. The summed E-state index contributed by atoms with van der Waals surface area (Å²) in [4.78, 5) is 0. The van der Waals surface area contributed by atoms with E-state index >= 15 is 0 Å². The first kappa shape index (κ1) is 27.6. The third-order valence-corrected chi connectivity index (χ3v) is 9.72. The van der Waals surface area contributed by atoms with E-state index in [0.717, 1.165) is 20.0 Å². The van der Waals surface area contributed by atoms with Crippen LogP contribution in [0, 0.1) is 15.2 Å². The number of piperazine rings is 1.